The molecule has 3 heterocycles. The first-order valence-electron chi connectivity index (χ1n) is 28.4. The monoisotopic (exact) mass is 1210 g/mol. The lowest BCUT2D eigenvalue weighted by Gasteiger charge is -2.30. The number of urea groups is 1. The van der Waals surface area contributed by atoms with Gasteiger partial charge in [0.05, 0.1) is 21.0 Å². The van der Waals surface area contributed by atoms with Crippen LogP contribution in [0, 0.1) is 26.1 Å². The number of carbonyl (C=O) groups excluding carboxylic acids is 11. The summed E-state index contributed by atoms with van der Waals surface area (Å²) in [5.74, 6) is -5.63. The molecule has 3 aliphatic rings. The number of nitrogens with one attached hydrogen (secondary N) is 5. The van der Waals surface area contributed by atoms with Crippen molar-refractivity contribution in [2.75, 3.05) is 57.7 Å². The number of imide groups is 3. The zero-order valence-electron chi connectivity index (χ0n) is 48.1. The van der Waals surface area contributed by atoms with Crippen LogP contribution in [-0.2, 0) is 35.3 Å². The number of hydrogen-bond donors (Lipinski definition) is 6. The van der Waals surface area contributed by atoms with Gasteiger partial charge in [-0.25, -0.2) is 9.59 Å². The standard InChI is InChI=1S/C60H64N12O16/c1-35(2)52(66-47(73)15-4-3-5-26-68-48(74)20-21-49(68)75)54(77)65-46(14-8-23-63-59(61)82)53(76)64-39-18-16-36(17-19-39)34-88-60(83)67(28-29-70-56(79)43-13-7-11-38-31-41(72(86)87)33-45(51(38)43)58(70)81)25-9-22-62-24-27-69-55(78)42-12-6-10-37-30-40(71(84)85)32-44(50(37)42)57(69)80/h6-7,10-13,16-21,30-33,35,46,52,62H,3-5,8-9,14-15,22-29,34H2,1-2H3,(H,64,76)(H,65,77)(H,66,73)(H3,61,63,82)/t46-,52?/m0/s1. The molecule has 5 aromatic carbocycles. The number of ether oxygens (including phenoxy) is 1. The van der Waals surface area contributed by atoms with Crippen LogP contribution in [0.2, 0.25) is 0 Å². The normalized spacial score (nSPS) is 14.1. The maximum absolute atomic E-state index is 14.0. The quantitative estimate of drug-likeness (QED) is 0.0155. The third-order valence-corrected chi connectivity index (χ3v) is 15.0. The third-order valence-electron chi connectivity index (χ3n) is 15.0. The molecule has 0 radical (unpaired) electrons. The Morgan fingerprint density at radius 1 is 0.614 bits per heavy atom. The van der Waals surface area contributed by atoms with E-state index in [1.165, 1.54) is 53.5 Å². The topological polar surface area (TPSA) is 382 Å². The van der Waals surface area contributed by atoms with E-state index in [0.29, 0.717) is 41.0 Å². The molecule has 28 heteroatoms. The molecule has 0 saturated heterocycles. The van der Waals surface area contributed by atoms with Crippen LogP contribution in [0.5, 0.6) is 0 Å². The molecule has 8 rings (SSSR count). The van der Waals surface area contributed by atoms with E-state index in [0.717, 1.165) is 26.8 Å². The molecule has 0 fully saturated rings. The van der Waals surface area contributed by atoms with Crippen molar-refractivity contribution in [3.05, 3.63) is 145 Å². The minimum absolute atomic E-state index is 0.0149. The van der Waals surface area contributed by atoms with Gasteiger partial charge in [0, 0.05) is 116 Å². The van der Waals surface area contributed by atoms with Gasteiger partial charge in [-0.3, -0.25) is 78.1 Å². The molecule has 7 N–H and O–H groups in total. The van der Waals surface area contributed by atoms with E-state index in [2.05, 4.69) is 26.6 Å². The van der Waals surface area contributed by atoms with E-state index in [-0.39, 0.29) is 129 Å². The Labute approximate surface area is 502 Å². The number of non-ortho nitro benzene ring substituents is 2. The molecule has 0 saturated carbocycles. The number of unbranched alkanes of at least 4 members (excludes halogenated alkanes) is 2. The van der Waals surface area contributed by atoms with Crippen molar-refractivity contribution in [3.63, 3.8) is 0 Å². The number of nitrogens with zero attached hydrogens (tertiary/aromatic N) is 6. The second kappa shape index (κ2) is 28.6. The second-order valence-corrected chi connectivity index (χ2v) is 21.4. The Balaban J connectivity index is 0.883. The van der Waals surface area contributed by atoms with Crippen LogP contribution in [0.15, 0.2) is 97.1 Å². The molecule has 0 spiro atoms. The van der Waals surface area contributed by atoms with Crippen LogP contribution >= 0.6 is 0 Å². The maximum atomic E-state index is 14.0. The summed E-state index contributed by atoms with van der Waals surface area (Å²) in [6.45, 7) is 3.03. The van der Waals surface area contributed by atoms with E-state index in [1.807, 2.05) is 0 Å². The summed E-state index contributed by atoms with van der Waals surface area (Å²) in [6.07, 6.45) is 3.54. The number of benzene rings is 5. The van der Waals surface area contributed by atoms with Gasteiger partial charge in [0.1, 0.15) is 18.7 Å². The van der Waals surface area contributed by atoms with Gasteiger partial charge in [0.15, 0.2) is 0 Å². The highest BCUT2D eigenvalue weighted by atomic mass is 16.6. The molecule has 460 valence electrons. The first kappa shape index (κ1) is 63.5. The smallest absolute Gasteiger partial charge is 0.410 e. The van der Waals surface area contributed by atoms with Gasteiger partial charge in [-0.05, 0) is 85.2 Å². The Hall–Kier alpha value is -10.5. The highest BCUT2D eigenvalue weighted by molar-refractivity contribution is 6.27. The van der Waals surface area contributed by atoms with Crippen molar-refractivity contribution in [2.45, 2.75) is 77.5 Å². The number of anilines is 1. The molecular weight excluding hydrogens is 1140 g/mol. The summed E-state index contributed by atoms with van der Waals surface area (Å²) in [5, 5.41) is 38.6. The molecule has 12 amide bonds. The largest absolute Gasteiger partial charge is 0.445 e. The summed E-state index contributed by atoms with van der Waals surface area (Å²) < 4.78 is 5.74. The fraction of sp³-hybridized carbons (Fsp3) is 0.350. The molecular formula is C60H64N12O16. The Kier molecular flexibility index (Phi) is 20.6. The van der Waals surface area contributed by atoms with Gasteiger partial charge in [-0.15, -0.1) is 0 Å². The molecule has 5 aromatic rings. The van der Waals surface area contributed by atoms with Gasteiger partial charge in [-0.1, -0.05) is 56.7 Å². The predicted octanol–water partition coefficient (Wildman–Crippen LogP) is 4.82. The number of amides is 12. The Morgan fingerprint density at radius 3 is 1.76 bits per heavy atom. The predicted molar refractivity (Wildman–Crippen MR) is 316 cm³/mol. The minimum atomic E-state index is -1.16. The van der Waals surface area contributed by atoms with Crippen LogP contribution in [0.1, 0.15) is 106 Å². The summed E-state index contributed by atoms with van der Waals surface area (Å²) in [6, 6.07) is 17.3. The zero-order valence-corrected chi connectivity index (χ0v) is 48.1. The van der Waals surface area contributed by atoms with Crippen molar-refractivity contribution >= 4 is 104 Å². The van der Waals surface area contributed by atoms with E-state index < -0.39 is 93.1 Å². The maximum Gasteiger partial charge on any atom is 0.410 e. The fourth-order valence-electron chi connectivity index (χ4n) is 10.5. The van der Waals surface area contributed by atoms with Crippen molar-refractivity contribution in [2.24, 2.45) is 11.7 Å². The van der Waals surface area contributed by atoms with Crippen LogP contribution in [-0.4, -0.2) is 159 Å². The van der Waals surface area contributed by atoms with Gasteiger partial charge in [-0.2, -0.15) is 0 Å². The molecule has 0 aliphatic carbocycles. The van der Waals surface area contributed by atoms with Crippen molar-refractivity contribution in [3.8, 4) is 0 Å². The molecule has 3 aliphatic heterocycles. The highest BCUT2D eigenvalue weighted by Gasteiger charge is 2.37. The van der Waals surface area contributed by atoms with E-state index in [4.69, 9.17) is 10.5 Å². The van der Waals surface area contributed by atoms with Crippen LogP contribution in [0.25, 0.3) is 21.5 Å². The zero-order chi connectivity index (χ0) is 63.3. The summed E-state index contributed by atoms with van der Waals surface area (Å²) in [5.41, 5.74) is 5.62. The van der Waals surface area contributed by atoms with Crippen LogP contribution in [0.4, 0.5) is 26.7 Å². The molecule has 28 nitrogen and oxygen atoms in total. The molecule has 0 bridgehead atoms. The van der Waals surface area contributed by atoms with Gasteiger partial charge in [0.2, 0.25) is 17.7 Å². The lowest BCUT2D eigenvalue weighted by Crippen LogP contribution is -2.54. The van der Waals surface area contributed by atoms with Crippen LogP contribution < -0.4 is 32.3 Å². The number of hydrogen-bond acceptors (Lipinski definition) is 17. The number of nitro groups is 2. The van der Waals surface area contributed by atoms with Crippen molar-refractivity contribution < 1.29 is 67.3 Å². The number of carbonyl (C=O) groups is 11. The lowest BCUT2D eigenvalue weighted by atomic mass is 9.93. The van der Waals surface area contributed by atoms with Gasteiger partial charge in [0.25, 0.3) is 46.8 Å². The second-order valence-electron chi connectivity index (χ2n) is 21.4. The van der Waals surface area contributed by atoms with Crippen LogP contribution in [0.3, 0.4) is 0 Å². The number of nitro benzene ring substituents is 2. The number of primary amides is 1. The number of nitrogens with two attached hydrogens (primary N) is 1. The Bertz CT molecular complexity index is 3660. The minimum Gasteiger partial charge on any atom is -0.445 e. The highest BCUT2D eigenvalue weighted by Crippen LogP contribution is 2.35. The summed E-state index contributed by atoms with van der Waals surface area (Å²) in [7, 11) is 0. The van der Waals surface area contributed by atoms with E-state index in [9.17, 15) is 73.0 Å². The molecule has 1 unspecified atom stereocenters. The Morgan fingerprint density at radius 2 is 1.19 bits per heavy atom. The third kappa shape index (κ3) is 15.1. The average Bonchev–Trinajstić information content (AvgIpc) is 0.929. The van der Waals surface area contributed by atoms with E-state index >= 15 is 0 Å². The first-order chi connectivity index (χ1) is 42.1. The summed E-state index contributed by atoms with van der Waals surface area (Å²) >= 11 is 0. The molecule has 88 heavy (non-hydrogen) atoms. The van der Waals surface area contributed by atoms with Crippen molar-refractivity contribution in [1.29, 1.82) is 0 Å². The van der Waals surface area contributed by atoms with E-state index in [1.54, 1.807) is 50.2 Å². The SMILES string of the molecule is CC(C)C(NC(=O)CCCCCN1C(=O)C=CC1=O)C(=O)N[C@@H](CCCNC(N)=O)C(=O)Nc1ccc(COC(=O)N(CCCNCCN2C(=O)c3cccc4cc([N+](=O)[O-])cc(c34)C2=O)CCN2C(=O)c3cccc4cc([N+](=O)[O-])cc(c34)C2=O)cc1. The van der Waals surface area contributed by atoms with Gasteiger partial charge >= 0.3 is 12.1 Å². The molecule has 0 aromatic heterocycles. The van der Waals surface area contributed by atoms with Gasteiger partial charge < -0.3 is 42.0 Å². The summed E-state index contributed by atoms with van der Waals surface area (Å²) in [4.78, 5) is 171. The molecule has 2 atom stereocenters. The lowest BCUT2D eigenvalue weighted by molar-refractivity contribution is -0.384. The first-order valence-corrected chi connectivity index (χ1v) is 28.4. The average molecular weight is 1210 g/mol. The fourth-order valence-corrected chi connectivity index (χ4v) is 10.5. The number of rotatable bonds is 30. The van der Waals surface area contributed by atoms with Crippen molar-refractivity contribution in [1.82, 2.24) is 40.9 Å².